The van der Waals surface area contributed by atoms with Crippen molar-refractivity contribution >= 4 is 60.9 Å². The van der Waals surface area contributed by atoms with Gasteiger partial charge in [-0.15, -0.1) is 0 Å². The highest BCUT2D eigenvalue weighted by Gasteiger charge is 2.15. The third kappa shape index (κ3) is 5.28. The fourth-order valence-electron chi connectivity index (χ4n) is 6.92. The Morgan fingerprint density at radius 3 is 1.52 bits per heavy atom. The molecule has 0 aliphatic rings. The van der Waals surface area contributed by atoms with Crippen LogP contribution in [0.15, 0.2) is 175 Å². The number of nitrogens with zero attached hydrogens (tertiary/aromatic N) is 6. The van der Waals surface area contributed by atoms with E-state index < -0.39 is 0 Å². The molecule has 0 amide bonds. The van der Waals surface area contributed by atoms with Gasteiger partial charge in [0.25, 0.3) is 0 Å². The fourth-order valence-corrected chi connectivity index (χ4v) is 6.92. The molecule has 7 nitrogen and oxygen atoms in total. The SMILES string of the molecule is c1ccc2c(c1)oc1nc(-c3ccc(N(c4ccc(-c5ccc6ccnnc6c5)cc4)c4ccc(-c5ccc6ccnnc6c5)cc4)cc3)ccc12. The lowest BCUT2D eigenvalue weighted by Gasteiger charge is -2.26. The summed E-state index contributed by atoms with van der Waals surface area (Å²) in [6, 6.07) is 54.6. The summed E-state index contributed by atoms with van der Waals surface area (Å²) in [5.74, 6) is 0. The quantitative estimate of drug-likeness (QED) is 0.174. The molecule has 52 heavy (non-hydrogen) atoms. The van der Waals surface area contributed by atoms with Crippen LogP contribution in [0.1, 0.15) is 0 Å². The van der Waals surface area contributed by atoms with E-state index in [9.17, 15) is 0 Å². The standard InChI is InChI=1S/C45H28N6O/c1-2-4-44-39(3-1)40-21-22-41(48-45(40)52-44)31-13-19-38(20-14-31)51(36-15-9-29(10-16-36)34-7-5-32-23-25-46-49-42(32)27-34)37-17-11-30(12-18-37)35-8-6-33-24-26-47-50-43(33)28-35/h1-28H. The van der Waals surface area contributed by atoms with Crippen LogP contribution < -0.4 is 4.90 Å². The van der Waals surface area contributed by atoms with E-state index in [1.165, 1.54) is 0 Å². The number of hydrogen-bond donors (Lipinski definition) is 0. The Hall–Kier alpha value is -7.25. The Balaban J connectivity index is 1.02. The summed E-state index contributed by atoms with van der Waals surface area (Å²) in [4.78, 5) is 7.16. The van der Waals surface area contributed by atoms with Gasteiger partial charge in [-0.05, 0) is 101 Å². The molecule has 10 rings (SSSR count). The third-order valence-corrected chi connectivity index (χ3v) is 9.62. The number of aromatic nitrogens is 5. The van der Waals surface area contributed by atoms with E-state index in [-0.39, 0.29) is 0 Å². The van der Waals surface area contributed by atoms with Crippen LogP contribution >= 0.6 is 0 Å². The molecule has 7 heteroatoms. The predicted molar refractivity (Wildman–Crippen MR) is 209 cm³/mol. The molecule has 0 fully saturated rings. The maximum absolute atomic E-state index is 6.09. The summed E-state index contributed by atoms with van der Waals surface area (Å²) in [6.07, 6.45) is 3.44. The smallest absolute Gasteiger partial charge is 0.227 e. The van der Waals surface area contributed by atoms with Crippen molar-refractivity contribution in [3.63, 3.8) is 0 Å². The number of hydrogen-bond acceptors (Lipinski definition) is 7. The molecule has 0 saturated carbocycles. The fraction of sp³-hybridized carbons (Fsp3) is 0. The first-order valence-electron chi connectivity index (χ1n) is 17.1. The first kappa shape index (κ1) is 29.6. The molecule has 0 bridgehead atoms. The largest absolute Gasteiger partial charge is 0.438 e. The first-order chi connectivity index (χ1) is 25.7. The van der Waals surface area contributed by atoms with Crippen LogP contribution in [0, 0.1) is 0 Å². The summed E-state index contributed by atoms with van der Waals surface area (Å²) < 4.78 is 6.09. The van der Waals surface area contributed by atoms with Crippen molar-refractivity contribution in [2.24, 2.45) is 0 Å². The van der Waals surface area contributed by atoms with Gasteiger partial charge in [-0.1, -0.05) is 78.9 Å². The molecular weight excluding hydrogens is 641 g/mol. The summed E-state index contributed by atoms with van der Waals surface area (Å²) in [7, 11) is 0. The van der Waals surface area contributed by atoms with Crippen molar-refractivity contribution < 1.29 is 4.42 Å². The monoisotopic (exact) mass is 668 g/mol. The second-order valence-electron chi connectivity index (χ2n) is 12.7. The molecule has 0 radical (unpaired) electrons. The lowest BCUT2D eigenvalue weighted by molar-refractivity contribution is 0.654. The van der Waals surface area contributed by atoms with Crippen molar-refractivity contribution in [3.8, 4) is 33.5 Å². The van der Waals surface area contributed by atoms with Crippen LogP contribution in [0.4, 0.5) is 17.1 Å². The van der Waals surface area contributed by atoms with Gasteiger partial charge in [-0.3, -0.25) is 0 Å². The topological polar surface area (TPSA) is 80.8 Å². The Kier molecular flexibility index (Phi) is 6.99. The molecular formula is C45H28N6O. The lowest BCUT2D eigenvalue weighted by Crippen LogP contribution is -2.09. The van der Waals surface area contributed by atoms with Crippen LogP contribution in [0.2, 0.25) is 0 Å². The van der Waals surface area contributed by atoms with Gasteiger partial charge in [0.2, 0.25) is 5.71 Å². The molecule has 10 aromatic rings. The Morgan fingerprint density at radius 2 is 0.942 bits per heavy atom. The van der Waals surface area contributed by atoms with Crippen LogP contribution in [0.3, 0.4) is 0 Å². The van der Waals surface area contributed by atoms with Crippen LogP contribution in [0.5, 0.6) is 0 Å². The highest BCUT2D eigenvalue weighted by Crippen LogP contribution is 2.38. The second-order valence-corrected chi connectivity index (χ2v) is 12.7. The molecule has 6 aromatic carbocycles. The summed E-state index contributed by atoms with van der Waals surface area (Å²) in [6.45, 7) is 0. The first-order valence-corrected chi connectivity index (χ1v) is 17.1. The zero-order chi connectivity index (χ0) is 34.4. The van der Waals surface area contributed by atoms with Crippen molar-refractivity contribution in [2.75, 3.05) is 4.90 Å². The van der Waals surface area contributed by atoms with Crippen LogP contribution in [0.25, 0.3) is 77.4 Å². The van der Waals surface area contributed by atoms with E-state index >= 15 is 0 Å². The maximum atomic E-state index is 6.09. The van der Waals surface area contributed by atoms with E-state index in [1.807, 2.05) is 30.3 Å². The van der Waals surface area contributed by atoms with E-state index in [0.717, 1.165) is 88.7 Å². The number of benzene rings is 6. The maximum Gasteiger partial charge on any atom is 0.227 e. The number of furan rings is 1. The molecule has 0 spiro atoms. The van der Waals surface area contributed by atoms with E-state index in [0.29, 0.717) is 5.71 Å². The van der Waals surface area contributed by atoms with Crippen molar-refractivity contribution in [1.82, 2.24) is 25.4 Å². The van der Waals surface area contributed by atoms with Gasteiger partial charge in [-0.2, -0.15) is 20.4 Å². The van der Waals surface area contributed by atoms with Gasteiger partial charge in [0, 0.05) is 44.2 Å². The molecule has 4 heterocycles. The number of fused-ring (bicyclic) bond motifs is 5. The van der Waals surface area contributed by atoms with E-state index in [1.54, 1.807) is 12.4 Å². The Bertz CT molecular complexity index is 2780. The average molecular weight is 669 g/mol. The minimum atomic E-state index is 0.640. The van der Waals surface area contributed by atoms with Gasteiger partial charge in [0.05, 0.1) is 29.1 Å². The van der Waals surface area contributed by atoms with Crippen molar-refractivity contribution in [2.45, 2.75) is 0 Å². The average Bonchev–Trinajstić information content (AvgIpc) is 3.59. The zero-order valence-electron chi connectivity index (χ0n) is 27.8. The summed E-state index contributed by atoms with van der Waals surface area (Å²) >= 11 is 0. The van der Waals surface area contributed by atoms with Crippen molar-refractivity contribution in [1.29, 1.82) is 0 Å². The number of pyridine rings is 1. The molecule has 244 valence electrons. The molecule has 0 atom stereocenters. The molecule has 0 saturated heterocycles. The van der Waals surface area contributed by atoms with Crippen LogP contribution in [-0.4, -0.2) is 25.4 Å². The van der Waals surface area contributed by atoms with Gasteiger partial charge in [0.15, 0.2) is 0 Å². The zero-order valence-corrected chi connectivity index (χ0v) is 27.8. The van der Waals surface area contributed by atoms with Gasteiger partial charge < -0.3 is 9.32 Å². The minimum Gasteiger partial charge on any atom is -0.438 e. The Morgan fingerprint density at radius 1 is 0.423 bits per heavy atom. The second kappa shape index (κ2) is 12.3. The number of anilines is 3. The lowest BCUT2D eigenvalue weighted by atomic mass is 10.0. The summed E-state index contributed by atoms with van der Waals surface area (Å²) in [5.41, 5.74) is 12.6. The van der Waals surface area contributed by atoms with E-state index in [4.69, 9.17) is 9.40 Å². The van der Waals surface area contributed by atoms with Gasteiger partial charge in [0.1, 0.15) is 5.58 Å². The van der Waals surface area contributed by atoms with Crippen molar-refractivity contribution in [3.05, 3.63) is 170 Å². The predicted octanol–water partition coefficient (Wildman–Crippen LogP) is 11.3. The Labute approximate surface area is 298 Å². The third-order valence-electron chi connectivity index (χ3n) is 9.62. The normalized spacial score (nSPS) is 11.5. The molecule has 4 aromatic heterocycles. The molecule has 0 aliphatic heterocycles. The van der Waals surface area contributed by atoms with E-state index in [2.05, 4.69) is 153 Å². The molecule has 0 N–H and O–H groups in total. The van der Waals surface area contributed by atoms with Gasteiger partial charge in [-0.25, -0.2) is 4.98 Å². The molecule has 0 aliphatic carbocycles. The van der Waals surface area contributed by atoms with Gasteiger partial charge >= 0.3 is 0 Å². The number of rotatable bonds is 6. The number of para-hydroxylation sites is 1. The highest BCUT2D eigenvalue weighted by atomic mass is 16.3. The molecule has 0 unspecified atom stereocenters. The summed E-state index contributed by atoms with van der Waals surface area (Å²) in [5, 5.41) is 21.0. The van der Waals surface area contributed by atoms with Crippen LogP contribution in [-0.2, 0) is 0 Å². The highest BCUT2D eigenvalue weighted by molar-refractivity contribution is 6.04. The minimum absolute atomic E-state index is 0.640.